The van der Waals surface area contributed by atoms with Gasteiger partial charge < -0.3 is 15.0 Å². The van der Waals surface area contributed by atoms with Gasteiger partial charge in [-0.3, -0.25) is 9.56 Å². The molecule has 0 spiro atoms. The van der Waals surface area contributed by atoms with E-state index < -0.39 is 5.97 Å². The number of hydrogen-bond acceptors (Lipinski definition) is 6. The van der Waals surface area contributed by atoms with Gasteiger partial charge in [0.1, 0.15) is 0 Å². The molecule has 1 aromatic carbocycles. The van der Waals surface area contributed by atoms with Crippen LogP contribution in [0.1, 0.15) is 42.2 Å². The first-order chi connectivity index (χ1) is 12.5. The van der Waals surface area contributed by atoms with Crippen LogP contribution in [-0.2, 0) is 17.8 Å². The predicted octanol–water partition coefficient (Wildman–Crippen LogP) is 3.72. The average Bonchev–Trinajstić information content (AvgIpc) is 3.14. The van der Waals surface area contributed by atoms with Crippen molar-refractivity contribution in [1.29, 1.82) is 0 Å². The van der Waals surface area contributed by atoms with Crippen molar-refractivity contribution < 1.29 is 15.0 Å². The maximum Gasteiger partial charge on any atom is 0.210 e. The molecule has 1 N–H and O–H groups in total. The lowest BCUT2D eigenvalue weighted by molar-refractivity contribution is -0.305. The number of thiazole rings is 1. The Morgan fingerprint density at radius 1 is 1.42 bits per heavy atom. The molecule has 0 amide bonds. The molecule has 0 saturated carbocycles. The lowest BCUT2D eigenvalue weighted by atomic mass is 10.0. The molecule has 0 atom stereocenters. The van der Waals surface area contributed by atoms with Gasteiger partial charge in [0.05, 0.1) is 10.6 Å². The van der Waals surface area contributed by atoms with E-state index in [0.717, 1.165) is 23.2 Å². The van der Waals surface area contributed by atoms with Gasteiger partial charge in [0.15, 0.2) is 3.95 Å². The van der Waals surface area contributed by atoms with Crippen LogP contribution in [-0.4, -0.2) is 21.9 Å². The van der Waals surface area contributed by atoms with Gasteiger partial charge in [-0.05, 0) is 49.5 Å². The summed E-state index contributed by atoms with van der Waals surface area (Å²) in [6.07, 6.45) is 5.77. The lowest BCUT2D eigenvalue weighted by Crippen LogP contribution is -2.21. The highest BCUT2D eigenvalue weighted by molar-refractivity contribution is 7.73. The van der Waals surface area contributed by atoms with Crippen molar-refractivity contribution in [2.75, 3.05) is 0 Å². The average molecular weight is 388 g/mol. The Kier molecular flexibility index (Phi) is 5.68. The van der Waals surface area contributed by atoms with Crippen LogP contribution in [0.3, 0.4) is 0 Å². The van der Waals surface area contributed by atoms with Gasteiger partial charge in [-0.2, -0.15) is 0 Å². The molecule has 26 heavy (non-hydrogen) atoms. The monoisotopic (exact) mass is 387 g/mol. The second kappa shape index (κ2) is 7.97. The van der Waals surface area contributed by atoms with Gasteiger partial charge in [0.25, 0.3) is 0 Å². The van der Waals surface area contributed by atoms with E-state index in [0.29, 0.717) is 28.2 Å². The molecule has 7 heteroatoms. The Balaban J connectivity index is 1.84. The van der Waals surface area contributed by atoms with E-state index in [9.17, 15) is 15.0 Å². The summed E-state index contributed by atoms with van der Waals surface area (Å²) in [4.78, 5) is 15.7. The van der Waals surface area contributed by atoms with Crippen molar-refractivity contribution >= 4 is 53.1 Å². The summed E-state index contributed by atoms with van der Waals surface area (Å²) in [5.41, 5.74) is 4.20. The van der Waals surface area contributed by atoms with E-state index in [1.165, 1.54) is 16.9 Å². The number of unbranched alkanes of at least 4 members (excludes halogenated alkanes) is 1. The maximum atomic E-state index is 10.5. The van der Waals surface area contributed by atoms with Crippen LogP contribution in [0.2, 0.25) is 0 Å². The van der Waals surface area contributed by atoms with Gasteiger partial charge in [-0.1, -0.05) is 25.1 Å². The number of aromatic hydroxyl groups is 1. The van der Waals surface area contributed by atoms with Gasteiger partial charge >= 0.3 is 0 Å². The lowest BCUT2D eigenvalue weighted by Gasteiger charge is -2.06. The normalized spacial score (nSPS) is 14.1. The highest BCUT2D eigenvalue weighted by atomic mass is 32.1. The molecule has 2 heterocycles. The highest BCUT2D eigenvalue weighted by Crippen LogP contribution is 2.38. The first-order valence-corrected chi connectivity index (χ1v) is 9.74. The SMILES string of the molecule is CCc1cccc2c1N=C/C2=C\c1sc(=S)n(CCCCC(=O)[O-])c1O. The zero-order chi connectivity index (χ0) is 18.7. The number of hydrogen-bond donors (Lipinski definition) is 1. The van der Waals surface area contributed by atoms with E-state index in [4.69, 9.17) is 12.2 Å². The van der Waals surface area contributed by atoms with Gasteiger partial charge in [-0.15, -0.1) is 11.3 Å². The molecule has 5 nitrogen and oxygen atoms in total. The van der Waals surface area contributed by atoms with Crippen molar-refractivity contribution in [3.63, 3.8) is 0 Å². The summed E-state index contributed by atoms with van der Waals surface area (Å²) >= 11 is 6.69. The fourth-order valence-corrected chi connectivity index (χ4v) is 4.28. The first-order valence-electron chi connectivity index (χ1n) is 8.51. The highest BCUT2D eigenvalue weighted by Gasteiger charge is 2.17. The molecular weight excluding hydrogens is 368 g/mol. The first kappa shape index (κ1) is 18.5. The fourth-order valence-electron chi connectivity index (χ4n) is 2.97. The van der Waals surface area contributed by atoms with Crippen molar-refractivity contribution in [1.82, 2.24) is 4.57 Å². The zero-order valence-electron chi connectivity index (χ0n) is 14.4. The number of allylic oxidation sites excluding steroid dienone is 1. The number of rotatable bonds is 7. The number of fused-ring (bicyclic) bond motifs is 1. The molecular formula is C19H19N2O3S2-. The molecule has 2 aromatic rings. The van der Waals surface area contributed by atoms with Crippen molar-refractivity contribution in [2.24, 2.45) is 4.99 Å². The summed E-state index contributed by atoms with van der Waals surface area (Å²) < 4.78 is 2.22. The van der Waals surface area contributed by atoms with E-state index in [2.05, 4.69) is 18.0 Å². The maximum absolute atomic E-state index is 10.5. The molecule has 0 radical (unpaired) electrons. The van der Waals surface area contributed by atoms with Crippen LogP contribution in [0.15, 0.2) is 23.2 Å². The van der Waals surface area contributed by atoms with Crippen molar-refractivity contribution in [2.45, 2.75) is 39.2 Å². The Bertz CT molecular complexity index is 954. The fraction of sp³-hybridized carbons (Fsp3) is 0.316. The zero-order valence-corrected chi connectivity index (χ0v) is 16.0. The number of aryl methyl sites for hydroxylation is 1. The van der Waals surface area contributed by atoms with Gasteiger partial charge in [0, 0.05) is 29.9 Å². The number of aliphatic imine (C=N–C) groups is 1. The Labute approximate surface area is 161 Å². The van der Waals surface area contributed by atoms with Crippen LogP contribution in [0.5, 0.6) is 5.88 Å². The molecule has 0 aliphatic carbocycles. The number of nitrogens with zero attached hydrogens (tertiary/aromatic N) is 2. The number of benzene rings is 1. The number of carbonyl (C=O) groups is 1. The number of carbonyl (C=O) groups excluding carboxylic acids is 1. The van der Waals surface area contributed by atoms with Gasteiger partial charge in [-0.25, -0.2) is 0 Å². The Morgan fingerprint density at radius 3 is 2.96 bits per heavy atom. The molecule has 1 aliphatic heterocycles. The summed E-state index contributed by atoms with van der Waals surface area (Å²) in [6, 6.07) is 6.12. The predicted molar refractivity (Wildman–Crippen MR) is 106 cm³/mol. The van der Waals surface area contributed by atoms with E-state index >= 15 is 0 Å². The van der Waals surface area contributed by atoms with Crippen LogP contribution < -0.4 is 5.11 Å². The minimum Gasteiger partial charge on any atom is -0.550 e. The third-order valence-electron chi connectivity index (χ3n) is 4.34. The number of aliphatic carboxylic acids is 1. The smallest absolute Gasteiger partial charge is 0.210 e. The quantitative estimate of drug-likeness (QED) is 0.580. The molecule has 0 saturated heterocycles. The summed E-state index contributed by atoms with van der Waals surface area (Å²) in [5.74, 6) is -0.936. The third-order valence-corrected chi connectivity index (χ3v) is 5.72. The topological polar surface area (TPSA) is 77.7 Å². The number of para-hydroxylation sites is 1. The van der Waals surface area contributed by atoms with Crippen LogP contribution in [0.4, 0.5) is 5.69 Å². The van der Waals surface area contributed by atoms with E-state index in [1.807, 2.05) is 24.4 Å². The molecule has 0 fully saturated rings. The summed E-state index contributed by atoms with van der Waals surface area (Å²) in [6.45, 7) is 2.59. The molecule has 0 unspecified atom stereocenters. The molecule has 3 rings (SSSR count). The van der Waals surface area contributed by atoms with E-state index in [-0.39, 0.29) is 12.3 Å². The molecule has 136 valence electrons. The molecule has 1 aromatic heterocycles. The summed E-state index contributed by atoms with van der Waals surface area (Å²) in [7, 11) is 0. The van der Waals surface area contributed by atoms with Crippen molar-refractivity contribution in [3.8, 4) is 5.88 Å². The number of aromatic nitrogens is 1. The second-order valence-corrected chi connectivity index (χ2v) is 7.74. The standard InChI is InChI=1S/C19H20N2O3S2/c1-2-12-6-5-7-14-13(11-20-17(12)14)10-15-18(24)21(19(25)26-15)9-4-3-8-16(22)23/h5-7,10-11,24H,2-4,8-9H2,1H3,(H,22,23)/p-1/b13-10+. The number of carboxylic acid groups (broad SMARTS) is 1. The number of carboxylic acids is 1. The van der Waals surface area contributed by atoms with Crippen LogP contribution >= 0.6 is 23.6 Å². The summed E-state index contributed by atoms with van der Waals surface area (Å²) in [5, 5.41) is 21.0. The van der Waals surface area contributed by atoms with Crippen LogP contribution in [0.25, 0.3) is 11.6 Å². The minimum absolute atomic E-state index is 0.0160. The second-order valence-electron chi connectivity index (χ2n) is 6.06. The van der Waals surface area contributed by atoms with Gasteiger partial charge in [0.2, 0.25) is 5.88 Å². The molecule has 1 aliphatic rings. The van der Waals surface area contributed by atoms with Crippen molar-refractivity contribution in [3.05, 3.63) is 38.2 Å². The Morgan fingerprint density at radius 2 is 2.23 bits per heavy atom. The van der Waals surface area contributed by atoms with E-state index in [1.54, 1.807) is 4.57 Å². The van der Waals surface area contributed by atoms with Crippen LogP contribution in [0, 0.1) is 3.95 Å². The Hall–Kier alpha value is -2.25. The largest absolute Gasteiger partial charge is 0.550 e. The minimum atomic E-state index is -1.06. The molecule has 0 bridgehead atoms. The third kappa shape index (κ3) is 3.78.